The maximum atomic E-state index is 12.0. The molecule has 0 amide bonds. The first-order valence-electron chi connectivity index (χ1n) is 6.80. The molecule has 2 aromatic rings. The molecule has 124 valence electrons. The van der Waals surface area contributed by atoms with Crippen LogP contribution in [0, 0.1) is 0 Å². The van der Waals surface area contributed by atoms with Crippen LogP contribution in [0.25, 0.3) is 0 Å². The van der Waals surface area contributed by atoms with Gasteiger partial charge in [0.1, 0.15) is 0 Å². The molecule has 2 rings (SSSR count). The predicted molar refractivity (Wildman–Crippen MR) is 86.5 cm³/mol. The van der Waals surface area contributed by atoms with Crippen molar-refractivity contribution in [3.05, 3.63) is 60.4 Å². The molecule has 0 fully saturated rings. The Balaban J connectivity index is 1.85. The van der Waals surface area contributed by atoms with Gasteiger partial charge in [-0.2, -0.15) is 0 Å². The van der Waals surface area contributed by atoms with Gasteiger partial charge < -0.3 is 0 Å². The van der Waals surface area contributed by atoms with Crippen LogP contribution in [0.3, 0.4) is 0 Å². The highest BCUT2D eigenvalue weighted by atomic mass is 32.2. The van der Waals surface area contributed by atoms with Crippen LogP contribution in [-0.4, -0.2) is 34.1 Å². The maximum Gasteiger partial charge on any atom is 0.240 e. The molecular weight excluding hydrogens is 338 g/mol. The first-order valence-corrected chi connectivity index (χ1v) is 9.93. The van der Waals surface area contributed by atoms with Crippen LogP contribution in [0.1, 0.15) is 5.56 Å². The van der Waals surface area contributed by atoms with E-state index < -0.39 is 20.0 Å². The van der Waals surface area contributed by atoms with Gasteiger partial charge >= 0.3 is 0 Å². The predicted octanol–water partition coefficient (Wildman–Crippen LogP) is 0.479. The van der Waals surface area contributed by atoms with Gasteiger partial charge in [-0.25, -0.2) is 26.3 Å². The first kappa shape index (κ1) is 17.5. The largest absolute Gasteiger partial charge is 0.264 e. The van der Waals surface area contributed by atoms with E-state index in [2.05, 4.69) is 14.4 Å². The molecule has 1 aromatic heterocycles. The molecule has 0 aliphatic heterocycles. The summed E-state index contributed by atoms with van der Waals surface area (Å²) in [6, 6.07) is 11.2. The molecule has 0 spiro atoms. The third kappa shape index (κ3) is 5.71. The Bertz CT molecular complexity index is 823. The Labute approximate surface area is 135 Å². The molecule has 0 unspecified atom stereocenters. The summed E-state index contributed by atoms with van der Waals surface area (Å²) in [5, 5.41) is 0. The van der Waals surface area contributed by atoms with E-state index in [9.17, 15) is 16.8 Å². The normalized spacial score (nSPS) is 12.2. The molecule has 23 heavy (non-hydrogen) atoms. The number of benzene rings is 1. The van der Waals surface area contributed by atoms with Gasteiger partial charge in [0.15, 0.2) is 0 Å². The van der Waals surface area contributed by atoms with E-state index in [1.807, 2.05) is 0 Å². The molecule has 7 nitrogen and oxygen atoms in total. The monoisotopic (exact) mass is 355 g/mol. The minimum absolute atomic E-state index is 0.0979. The average Bonchev–Trinajstić information content (AvgIpc) is 2.54. The van der Waals surface area contributed by atoms with Crippen molar-refractivity contribution in [1.29, 1.82) is 0 Å². The van der Waals surface area contributed by atoms with Gasteiger partial charge in [-0.1, -0.05) is 24.3 Å². The van der Waals surface area contributed by atoms with Crippen LogP contribution < -0.4 is 9.44 Å². The zero-order valence-electron chi connectivity index (χ0n) is 12.2. The van der Waals surface area contributed by atoms with E-state index in [-0.39, 0.29) is 23.7 Å². The summed E-state index contributed by atoms with van der Waals surface area (Å²) in [6.45, 7) is -0.0960. The van der Waals surface area contributed by atoms with E-state index in [1.165, 1.54) is 12.1 Å². The van der Waals surface area contributed by atoms with Crippen molar-refractivity contribution in [2.24, 2.45) is 0 Å². The van der Waals surface area contributed by atoms with Crippen molar-refractivity contribution in [2.45, 2.75) is 11.4 Å². The van der Waals surface area contributed by atoms with E-state index in [1.54, 1.807) is 42.7 Å². The summed E-state index contributed by atoms with van der Waals surface area (Å²) in [5.41, 5.74) is 0.723. The zero-order valence-corrected chi connectivity index (χ0v) is 13.8. The van der Waals surface area contributed by atoms with Crippen molar-refractivity contribution in [3.63, 3.8) is 0 Å². The summed E-state index contributed by atoms with van der Waals surface area (Å²) in [4.78, 5) is 3.98. The van der Waals surface area contributed by atoms with Crippen LogP contribution in [0.15, 0.2) is 59.8 Å². The van der Waals surface area contributed by atoms with Gasteiger partial charge in [0, 0.05) is 25.5 Å². The molecule has 0 atom stereocenters. The van der Waals surface area contributed by atoms with Gasteiger partial charge in [-0.3, -0.25) is 4.98 Å². The average molecular weight is 355 g/mol. The van der Waals surface area contributed by atoms with E-state index in [4.69, 9.17) is 0 Å². The molecule has 9 heteroatoms. The van der Waals surface area contributed by atoms with Crippen molar-refractivity contribution in [3.8, 4) is 0 Å². The fourth-order valence-corrected chi connectivity index (χ4v) is 3.85. The molecule has 0 saturated heterocycles. The number of sulfonamides is 2. The van der Waals surface area contributed by atoms with Crippen LogP contribution >= 0.6 is 0 Å². The second-order valence-electron chi connectivity index (χ2n) is 4.71. The lowest BCUT2D eigenvalue weighted by atomic mass is 10.3. The Hall–Kier alpha value is -1.81. The van der Waals surface area contributed by atoms with Gasteiger partial charge in [0.25, 0.3) is 0 Å². The van der Waals surface area contributed by atoms with Crippen molar-refractivity contribution < 1.29 is 16.8 Å². The Kier molecular flexibility index (Phi) is 5.83. The molecule has 1 aromatic carbocycles. The minimum Gasteiger partial charge on any atom is -0.264 e. The summed E-state index contributed by atoms with van der Waals surface area (Å²) < 4.78 is 52.3. The number of rotatable bonds is 8. The fourth-order valence-electron chi connectivity index (χ4n) is 1.76. The molecule has 1 heterocycles. The lowest BCUT2D eigenvalue weighted by molar-refractivity contribution is 0.575. The summed E-state index contributed by atoms with van der Waals surface area (Å²) >= 11 is 0. The van der Waals surface area contributed by atoms with Gasteiger partial charge in [-0.05, 0) is 23.8 Å². The smallest absolute Gasteiger partial charge is 0.240 e. The minimum atomic E-state index is -3.70. The quantitative estimate of drug-likeness (QED) is 0.716. The SMILES string of the molecule is O=S(=O)(CCNS(=O)(=O)c1ccccc1)NCc1cccnc1. The number of hydrogen-bond donors (Lipinski definition) is 2. The zero-order chi connectivity index (χ0) is 16.8. The van der Waals surface area contributed by atoms with E-state index in [0.717, 1.165) is 5.56 Å². The van der Waals surface area contributed by atoms with Crippen LogP contribution in [-0.2, 0) is 26.6 Å². The summed E-state index contributed by atoms with van der Waals surface area (Å²) in [5.74, 6) is -0.348. The third-order valence-electron chi connectivity index (χ3n) is 2.94. The number of nitrogens with one attached hydrogen (secondary N) is 2. The second-order valence-corrected chi connectivity index (χ2v) is 8.41. The summed E-state index contributed by atoms with van der Waals surface area (Å²) in [7, 11) is -7.29. The molecule has 0 aliphatic rings. The molecule has 0 radical (unpaired) electrons. The lowest BCUT2D eigenvalue weighted by Crippen LogP contribution is -2.34. The van der Waals surface area contributed by atoms with Gasteiger partial charge in [0.2, 0.25) is 20.0 Å². The Morgan fingerprint density at radius 2 is 1.65 bits per heavy atom. The molecule has 2 N–H and O–H groups in total. The number of aromatic nitrogens is 1. The molecule has 0 saturated carbocycles. The maximum absolute atomic E-state index is 12.0. The van der Waals surface area contributed by atoms with Gasteiger partial charge in [0.05, 0.1) is 10.6 Å². The highest BCUT2D eigenvalue weighted by molar-refractivity contribution is 7.90. The Morgan fingerprint density at radius 1 is 0.913 bits per heavy atom. The van der Waals surface area contributed by atoms with Crippen LogP contribution in [0.5, 0.6) is 0 Å². The topological polar surface area (TPSA) is 105 Å². The third-order valence-corrected chi connectivity index (χ3v) is 5.74. The van der Waals surface area contributed by atoms with E-state index >= 15 is 0 Å². The second kappa shape index (κ2) is 7.64. The Morgan fingerprint density at radius 3 is 2.30 bits per heavy atom. The fraction of sp³-hybridized carbons (Fsp3) is 0.214. The van der Waals surface area contributed by atoms with Crippen LogP contribution in [0.4, 0.5) is 0 Å². The molecule has 0 bridgehead atoms. The molecule has 0 aliphatic carbocycles. The standard InChI is InChI=1S/C14H17N3O4S2/c18-22(19,17-12-13-5-4-8-15-11-13)10-9-16-23(20,21)14-6-2-1-3-7-14/h1-8,11,16-17H,9-10,12H2. The van der Waals surface area contributed by atoms with Gasteiger partial charge in [-0.15, -0.1) is 0 Å². The lowest BCUT2D eigenvalue weighted by Gasteiger charge is -2.08. The summed E-state index contributed by atoms with van der Waals surface area (Å²) in [6.07, 6.45) is 3.15. The van der Waals surface area contributed by atoms with Crippen molar-refractivity contribution in [1.82, 2.24) is 14.4 Å². The number of nitrogens with zero attached hydrogens (tertiary/aromatic N) is 1. The number of pyridine rings is 1. The van der Waals surface area contributed by atoms with E-state index in [0.29, 0.717) is 0 Å². The highest BCUT2D eigenvalue weighted by Crippen LogP contribution is 2.06. The molecular formula is C14H17N3O4S2. The van der Waals surface area contributed by atoms with Crippen molar-refractivity contribution >= 4 is 20.0 Å². The first-order chi connectivity index (χ1) is 10.9. The highest BCUT2D eigenvalue weighted by Gasteiger charge is 2.15. The van der Waals surface area contributed by atoms with Crippen molar-refractivity contribution in [2.75, 3.05) is 12.3 Å². The number of hydrogen-bond acceptors (Lipinski definition) is 5. The van der Waals surface area contributed by atoms with Crippen LogP contribution in [0.2, 0.25) is 0 Å².